The van der Waals surface area contributed by atoms with Crippen molar-refractivity contribution < 1.29 is 31.1 Å². The van der Waals surface area contributed by atoms with E-state index in [0.717, 1.165) is 4.31 Å². The molecule has 3 aromatic carbocycles. The van der Waals surface area contributed by atoms with Gasteiger partial charge >= 0.3 is 0 Å². The fourth-order valence-electron chi connectivity index (χ4n) is 4.17. The molecule has 0 bridgehead atoms. The van der Waals surface area contributed by atoms with E-state index in [1.807, 2.05) is 0 Å². The number of nitrogens with one attached hydrogen (secondary N) is 1. The second-order valence-corrected chi connectivity index (χ2v) is 12.8. The van der Waals surface area contributed by atoms with E-state index in [9.17, 15) is 21.6 Å². The second-order valence-electron chi connectivity index (χ2n) is 8.59. The van der Waals surface area contributed by atoms with Crippen molar-refractivity contribution in [2.24, 2.45) is 0 Å². The number of halogens is 1. The number of ether oxygens (including phenoxy) is 2. The number of para-hydroxylation sites is 2. The van der Waals surface area contributed by atoms with Crippen molar-refractivity contribution in [2.75, 3.05) is 42.5 Å². The number of anilines is 2. The van der Waals surface area contributed by atoms with Gasteiger partial charge in [-0.3, -0.25) is 9.10 Å². The van der Waals surface area contributed by atoms with Crippen molar-refractivity contribution >= 4 is 48.9 Å². The third-order valence-electron chi connectivity index (χ3n) is 6.16. The first kappa shape index (κ1) is 26.4. The summed E-state index contributed by atoms with van der Waals surface area (Å²) in [6.45, 7) is 0.954. The van der Waals surface area contributed by atoms with Crippen LogP contribution in [0.25, 0.3) is 0 Å². The number of hydrogen-bond donors (Lipinski definition) is 1. The Morgan fingerprint density at radius 2 is 1.45 bits per heavy atom. The topological polar surface area (TPSA) is 122 Å². The highest BCUT2D eigenvalue weighted by Crippen LogP contribution is 2.37. The normalized spacial score (nSPS) is 18.3. The third-order valence-corrected chi connectivity index (χ3v) is 10.1. The Morgan fingerprint density at radius 1 is 0.842 bits per heavy atom. The zero-order chi connectivity index (χ0) is 26.9. The summed E-state index contributed by atoms with van der Waals surface area (Å²) in [7, 11) is -7.71. The molecule has 0 unspecified atom stereocenters. The standard InChI is InChI=1S/C25H24ClN3O7S2/c26-18-5-9-21(10-6-18)38(33,34)29-17-24(36-23-4-2-1-3-22(23)29)25(30)27-19-7-11-20(12-8-19)37(31,32)28-13-15-35-16-14-28/h1-12,24H,13-17H2,(H,27,30)/t24-/m0/s1. The first-order valence-corrected chi connectivity index (χ1v) is 14.9. The lowest BCUT2D eigenvalue weighted by molar-refractivity contribution is -0.122. The van der Waals surface area contributed by atoms with Gasteiger partial charge in [-0.15, -0.1) is 0 Å². The van der Waals surface area contributed by atoms with E-state index in [0.29, 0.717) is 29.6 Å². The lowest BCUT2D eigenvalue weighted by Gasteiger charge is -2.34. The van der Waals surface area contributed by atoms with Crippen molar-refractivity contribution in [3.05, 3.63) is 77.8 Å². The minimum atomic E-state index is -4.03. The Hall–Kier alpha value is -3.16. The average molecular weight is 578 g/mol. The SMILES string of the molecule is O=C(Nc1ccc(S(=O)(=O)N2CCOCC2)cc1)[C@@H]1CN(S(=O)(=O)c2ccc(Cl)cc2)c2ccccc2O1. The van der Waals surface area contributed by atoms with Crippen LogP contribution in [0.2, 0.25) is 5.02 Å². The number of hydrogen-bond acceptors (Lipinski definition) is 7. The smallest absolute Gasteiger partial charge is 0.267 e. The molecule has 38 heavy (non-hydrogen) atoms. The highest BCUT2D eigenvalue weighted by Gasteiger charge is 2.37. The maximum absolute atomic E-state index is 13.5. The van der Waals surface area contributed by atoms with Gasteiger partial charge in [0.2, 0.25) is 10.0 Å². The molecule has 2 heterocycles. The van der Waals surface area contributed by atoms with E-state index in [1.54, 1.807) is 24.3 Å². The van der Waals surface area contributed by atoms with Gasteiger partial charge in [-0.1, -0.05) is 23.7 Å². The fourth-order valence-corrected chi connectivity index (χ4v) is 7.18. The second kappa shape index (κ2) is 10.5. The molecule has 1 saturated heterocycles. The van der Waals surface area contributed by atoms with Crippen molar-refractivity contribution in [2.45, 2.75) is 15.9 Å². The van der Waals surface area contributed by atoms with Crippen molar-refractivity contribution in [3.8, 4) is 5.75 Å². The summed E-state index contributed by atoms with van der Waals surface area (Å²) in [5, 5.41) is 3.08. The lowest BCUT2D eigenvalue weighted by atomic mass is 10.2. The Labute approximate surface area is 225 Å². The van der Waals surface area contributed by atoms with Crippen LogP contribution < -0.4 is 14.4 Å². The molecule has 3 aromatic rings. The molecular formula is C25H24ClN3O7S2. The average Bonchev–Trinajstić information content (AvgIpc) is 2.93. The summed E-state index contributed by atoms with van der Waals surface area (Å²) in [5.41, 5.74) is 0.648. The predicted octanol–water partition coefficient (Wildman–Crippen LogP) is 2.96. The maximum atomic E-state index is 13.5. The van der Waals surface area contributed by atoms with Crippen LogP contribution in [0.15, 0.2) is 82.6 Å². The van der Waals surface area contributed by atoms with Gasteiger partial charge in [0, 0.05) is 23.8 Å². The number of nitrogens with zero attached hydrogens (tertiary/aromatic N) is 2. The third kappa shape index (κ3) is 5.22. The Bertz CT molecular complexity index is 1540. The van der Waals surface area contributed by atoms with Crippen molar-refractivity contribution in [1.29, 1.82) is 0 Å². The van der Waals surface area contributed by atoms with Crippen LogP contribution in [0.1, 0.15) is 0 Å². The van der Waals surface area contributed by atoms with Gasteiger partial charge in [0.1, 0.15) is 5.75 Å². The van der Waals surface area contributed by atoms with Crippen LogP contribution in [-0.2, 0) is 29.6 Å². The molecule has 0 spiro atoms. The molecule has 0 aliphatic carbocycles. The van der Waals surface area contributed by atoms with E-state index < -0.39 is 32.1 Å². The largest absolute Gasteiger partial charge is 0.476 e. The number of rotatable bonds is 6. The number of sulfonamides is 2. The van der Waals surface area contributed by atoms with Crippen LogP contribution in [0, 0.1) is 0 Å². The monoisotopic (exact) mass is 577 g/mol. The number of amides is 1. The zero-order valence-corrected chi connectivity index (χ0v) is 22.4. The fraction of sp³-hybridized carbons (Fsp3) is 0.240. The molecule has 5 rings (SSSR count). The maximum Gasteiger partial charge on any atom is 0.267 e. The zero-order valence-electron chi connectivity index (χ0n) is 20.0. The van der Waals surface area contributed by atoms with Crippen LogP contribution in [0.4, 0.5) is 11.4 Å². The van der Waals surface area contributed by atoms with Crippen molar-refractivity contribution in [3.63, 3.8) is 0 Å². The molecule has 1 amide bonds. The highest BCUT2D eigenvalue weighted by molar-refractivity contribution is 7.92. The molecule has 1 atom stereocenters. The molecule has 2 aliphatic heterocycles. The molecule has 0 radical (unpaired) electrons. The minimum absolute atomic E-state index is 0.0230. The molecule has 2 aliphatic rings. The number of benzene rings is 3. The Kier molecular flexibility index (Phi) is 7.34. The van der Waals surface area contributed by atoms with E-state index in [1.165, 1.54) is 52.8 Å². The number of morpholine rings is 1. The summed E-state index contributed by atoms with van der Waals surface area (Å²) < 4.78 is 66.2. The first-order chi connectivity index (χ1) is 18.2. The van der Waals surface area contributed by atoms with Crippen LogP contribution in [0.3, 0.4) is 0 Å². The molecule has 1 N–H and O–H groups in total. The molecule has 13 heteroatoms. The summed E-state index contributed by atoms with van der Waals surface area (Å²) in [5.74, 6) is -0.344. The minimum Gasteiger partial charge on any atom is -0.476 e. The molecule has 0 saturated carbocycles. The molecule has 1 fully saturated rings. The summed E-state index contributed by atoms with van der Waals surface area (Å²) in [4.78, 5) is 13.3. The van der Waals surface area contributed by atoms with Crippen LogP contribution in [0.5, 0.6) is 5.75 Å². The van der Waals surface area contributed by atoms with Gasteiger partial charge in [0.05, 0.1) is 35.2 Å². The Morgan fingerprint density at radius 3 is 2.13 bits per heavy atom. The first-order valence-electron chi connectivity index (χ1n) is 11.7. The summed E-state index contributed by atoms with van der Waals surface area (Å²) in [6, 6.07) is 18.1. The molecular weight excluding hydrogens is 554 g/mol. The number of carbonyl (C=O) groups excluding carboxylic acids is 1. The van der Waals surface area contributed by atoms with Gasteiger partial charge in [-0.25, -0.2) is 16.8 Å². The van der Waals surface area contributed by atoms with E-state index in [-0.39, 0.29) is 35.2 Å². The van der Waals surface area contributed by atoms with Gasteiger partial charge < -0.3 is 14.8 Å². The number of carbonyl (C=O) groups is 1. The van der Waals surface area contributed by atoms with E-state index >= 15 is 0 Å². The Balaban J connectivity index is 1.35. The van der Waals surface area contributed by atoms with Gasteiger partial charge in [0.15, 0.2) is 6.10 Å². The molecule has 200 valence electrons. The summed E-state index contributed by atoms with van der Waals surface area (Å²) in [6.07, 6.45) is -1.16. The van der Waals surface area contributed by atoms with Crippen LogP contribution in [-0.4, -0.2) is 66.0 Å². The molecule has 0 aromatic heterocycles. The van der Waals surface area contributed by atoms with Gasteiger partial charge in [-0.2, -0.15) is 4.31 Å². The predicted molar refractivity (Wildman–Crippen MR) is 141 cm³/mol. The quantitative estimate of drug-likeness (QED) is 0.478. The van der Waals surface area contributed by atoms with Gasteiger partial charge in [-0.05, 0) is 60.7 Å². The van der Waals surface area contributed by atoms with Gasteiger partial charge in [0.25, 0.3) is 15.9 Å². The van der Waals surface area contributed by atoms with E-state index in [2.05, 4.69) is 5.32 Å². The highest BCUT2D eigenvalue weighted by atomic mass is 35.5. The molecule has 10 nitrogen and oxygen atoms in total. The summed E-state index contributed by atoms with van der Waals surface area (Å²) >= 11 is 5.92. The van der Waals surface area contributed by atoms with E-state index in [4.69, 9.17) is 21.1 Å². The van der Waals surface area contributed by atoms with Crippen molar-refractivity contribution in [1.82, 2.24) is 4.31 Å². The lowest BCUT2D eigenvalue weighted by Crippen LogP contribution is -2.48. The number of fused-ring (bicyclic) bond motifs is 1. The van der Waals surface area contributed by atoms with Crippen LogP contribution >= 0.6 is 11.6 Å².